The summed E-state index contributed by atoms with van der Waals surface area (Å²) >= 11 is 0. The number of nitrogens with two attached hydrogens (primary N) is 1. The molecule has 12 heteroatoms. The average Bonchev–Trinajstić information content (AvgIpc) is 3.09. The highest BCUT2D eigenvalue weighted by molar-refractivity contribution is 7.53. The molecule has 1 unspecified atom stereocenters. The standard InChI is InChI=1S/C12H16N5O6P/c13-9-8-10(15-4-14-9)17(5-16-8)6-1-2-7(3-6)23-12(11(18)19)24(20,21)22/h4-7,12H,1-3H2,(H,18,19)(H2,13,14,15)(H2,20,21,22)/t6-,7+,12?/m0/s1. The Hall–Kier alpha value is -2.07. The molecule has 0 spiro atoms. The third kappa shape index (κ3) is 3.11. The van der Waals surface area contributed by atoms with Crippen LogP contribution in [0.25, 0.3) is 11.2 Å². The molecule has 5 N–H and O–H groups in total. The molecule has 0 aliphatic heterocycles. The van der Waals surface area contributed by atoms with Crippen LogP contribution in [0.3, 0.4) is 0 Å². The molecule has 1 fully saturated rings. The van der Waals surface area contributed by atoms with Gasteiger partial charge in [-0.25, -0.2) is 19.7 Å². The summed E-state index contributed by atoms with van der Waals surface area (Å²) in [6, 6.07) is -0.0829. The van der Waals surface area contributed by atoms with Crippen molar-refractivity contribution in [2.75, 3.05) is 5.73 Å². The first kappa shape index (κ1) is 16.8. The van der Waals surface area contributed by atoms with E-state index in [1.807, 2.05) is 0 Å². The first-order chi connectivity index (χ1) is 11.3. The highest BCUT2D eigenvalue weighted by atomic mass is 31.2. The van der Waals surface area contributed by atoms with E-state index in [0.717, 1.165) is 0 Å². The summed E-state index contributed by atoms with van der Waals surface area (Å²) < 4.78 is 18.2. The molecule has 3 rings (SSSR count). The van der Waals surface area contributed by atoms with Gasteiger partial charge in [-0.05, 0) is 19.3 Å². The Balaban J connectivity index is 1.76. The number of carboxylic acids is 1. The molecule has 3 atom stereocenters. The van der Waals surface area contributed by atoms with Crippen molar-refractivity contribution < 1.29 is 29.0 Å². The molecule has 1 aliphatic carbocycles. The molecule has 1 saturated carbocycles. The van der Waals surface area contributed by atoms with Crippen LogP contribution >= 0.6 is 7.60 Å². The van der Waals surface area contributed by atoms with Gasteiger partial charge in [0.15, 0.2) is 11.5 Å². The number of nitrogens with zero attached hydrogens (tertiary/aromatic N) is 4. The number of fused-ring (bicyclic) bond motifs is 1. The maximum Gasteiger partial charge on any atom is 0.365 e. The Morgan fingerprint density at radius 2 is 2.12 bits per heavy atom. The number of aliphatic carboxylic acids is 1. The summed E-state index contributed by atoms with van der Waals surface area (Å²) in [5.41, 5.74) is 6.77. The molecular weight excluding hydrogens is 341 g/mol. The van der Waals surface area contributed by atoms with Crippen LogP contribution in [0.1, 0.15) is 25.3 Å². The molecule has 2 aromatic heterocycles. The SMILES string of the molecule is Nc1ncnc2c1ncn2[C@H]1CC[C@@H](OC(C(=O)O)P(=O)(O)O)C1. The molecule has 0 amide bonds. The Morgan fingerprint density at radius 3 is 2.79 bits per heavy atom. The number of aromatic nitrogens is 4. The van der Waals surface area contributed by atoms with Crippen molar-refractivity contribution in [3.8, 4) is 0 Å². The van der Waals surface area contributed by atoms with Crippen molar-refractivity contribution in [3.05, 3.63) is 12.7 Å². The van der Waals surface area contributed by atoms with Crippen molar-refractivity contribution in [1.29, 1.82) is 0 Å². The molecule has 0 saturated heterocycles. The van der Waals surface area contributed by atoms with Crippen LogP contribution in [0, 0.1) is 0 Å². The van der Waals surface area contributed by atoms with E-state index in [-0.39, 0.29) is 11.9 Å². The summed E-state index contributed by atoms with van der Waals surface area (Å²) in [5.74, 6) is -3.57. The van der Waals surface area contributed by atoms with Gasteiger partial charge in [-0.1, -0.05) is 0 Å². The Morgan fingerprint density at radius 1 is 1.38 bits per heavy atom. The fourth-order valence-electron chi connectivity index (χ4n) is 2.89. The van der Waals surface area contributed by atoms with Crippen molar-refractivity contribution in [3.63, 3.8) is 0 Å². The quantitative estimate of drug-likeness (QED) is 0.537. The van der Waals surface area contributed by atoms with E-state index < -0.39 is 25.5 Å². The van der Waals surface area contributed by atoms with E-state index in [0.29, 0.717) is 30.4 Å². The van der Waals surface area contributed by atoms with Crippen molar-refractivity contribution in [1.82, 2.24) is 19.5 Å². The average molecular weight is 357 g/mol. The Labute approximate surface area is 135 Å². The number of carboxylic acid groups (broad SMARTS) is 1. The number of imidazole rings is 1. The fraction of sp³-hybridized carbons (Fsp3) is 0.500. The Bertz CT molecular complexity index is 819. The minimum atomic E-state index is -4.89. The lowest BCUT2D eigenvalue weighted by atomic mass is 10.2. The third-order valence-corrected chi connectivity index (χ3v) is 4.93. The van der Waals surface area contributed by atoms with Crippen LogP contribution in [0.2, 0.25) is 0 Å². The number of hydrogen-bond acceptors (Lipinski definition) is 7. The van der Waals surface area contributed by atoms with Crippen LogP contribution in [0.15, 0.2) is 12.7 Å². The van der Waals surface area contributed by atoms with Gasteiger partial charge in [0.05, 0.1) is 12.4 Å². The lowest BCUT2D eigenvalue weighted by Gasteiger charge is -2.20. The zero-order valence-electron chi connectivity index (χ0n) is 12.4. The minimum absolute atomic E-state index is 0.0829. The molecule has 0 bridgehead atoms. The van der Waals surface area contributed by atoms with Gasteiger partial charge in [0.2, 0.25) is 0 Å². The maximum absolute atomic E-state index is 11.2. The second-order valence-corrected chi connectivity index (χ2v) is 7.23. The highest BCUT2D eigenvalue weighted by Gasteiger charge is 2.41. The summed E-state index contributed by atoms with van der Waals surface area (Å²) in [7, 11) is -4.89. The van der Waals surface area contributed by atoms with E-state index in [2.05, 4.69) is 15.0 Å². The summed E-state index contributed by atoms with van der Waals surface area (Å²) in [5, 5.41) is 8.93. The van der Waals surface area contributed by atoms with Crippen LogP contribution in [0.5, 0.6) is 0 Å². The maximum atomic E-state index is 11.2. The lowest BCUT2D eigenvalue weighted by Crippen LogP contribution is -2.28. The number of carbonyl (C=O) groups is 1. The minimum Gasteiger partial charge on any atom is -0.479 e. The lowest BCUT2D eigenvalue weighted by molar-refractivity contribution is -0.148. The number of anilines is 1. The molecule has 1 aliphatic rings. The van der Waals surface area contributed by atoms with E-state index >= 15 is 0 Å². The van der Waals surface area contributed by atoms with Crippen molar-refractivity contribution in [2.24, 2.45) is 0 Å². The topological polar surface area (TPSA) is 174 Å². The first-order valence-electron chi connectivity index (χ1n) is 7.14. The van der Waals surface area contributed by atoms with E-state index in [4.69, 9.17) is 25.4 Å². The van der Waals surface area contributed by atoms with Gasteiger partial charge in [0.25, 0.3) is 5.85 Å². The number of hydrogen-bond donors (Lipinski definition) is 4. The van der Waals surface area contributed by atoms with Gasteiger partial charge >= 0.3 is 13.6 Å². The number of rotatable bonds is 5. The highest BCUT2D eigenvalue weighted by Crippen LogP contribution is 2.45. The number of ether oxygens (including phenoxy) is 1. The van der Waals surface area contributed by atoms with Gasteiger partial charge in [0.1, 0.15) is 11.8 Å². The van der Waals surface area contributed by atoms with Crippen LogP contribution in [-0.4, -0.2) is 52.3 Å². The molecule has 0 radical (unpaired) electrons. The predicted octanol–water partition coefficient (Wildman–Crippen LogP) is 0.107. The third-order valence-electron chi connectivity index (χ3n) is 3.98. The van der Waals surface area contributed by atoms with Gasteiger partial charge in [-0.15, -0.1) is 0 Å². The first-order valence-corrected chi connectivity index (χ1v) is 8.82. The van der Waals surface area contributed by atoms with E-state index in [1.54, 1.807) is 10.9 Å². The van der Waals surface area contributed by atoms with Gasteiger partial charge in [-0.2, -0.15) is 0 Å². The van der Waals surface area contributed by atoms with Crippen molar-refractivity contribution in [2.45, 2.75) is 37.3 Å². The molecule has 2 heterocycles. The van der Waals surface area contributed by atoms with Crippen LogP contribution < -0.4 is 5.73 Å². The Kier molecular flexibility index (Phi) is 4.26. The zero-order valence-corrected chi connectivity index (χ0v) is 13.3. The second kappa shape index (κ2) is 6.10. The predicted molar refractivity (Wildman–Crippen MR) is 81.0 cm³/mol. The molecule has 11 nitrogen and oxygen atoms in total. The van der Waals surface area contributed by atoms with Gasteiger partial charge < -0.3 is 29.9 Å². The van der Waals surface area contributed by atoms with E-state index in [9.17, 15) is 9.36 Å². The summed E-state index contributed by atoms with van der Waals surface area (Å²) in [4.78, 5) is 41.4. The van der Waals surface area contributed by atoms with Gasteiger partial charge in [-0.3, -0.25) is 4.57 Å². The monoisotopic (exact) mass is 357 g/mol. The summed E-state index contributed by atoms with van der Waals surface area (Å²) in [6.07, 6.45) is 3.80. The molecular formula is C12H16N5O6P. The normalized spacial score (nSPS) is 22.8. The second-order valence-electron chi connectivity index (χ2n) is 5.59. The van der Waals surface area contributed by atoms with Crippen LogP contribution in [-0.2, 0) is 14.1 Å². The largest absolute Gasteiger partial charge is 0.479 e. The zero-order chi connectivity index (χ0) is 17.5. The van der Waals surface area contributed by atoms with Gasteiger partial charge in [0, 0.05) is 6.04 Å². The van der Waals surface area contributed by atoms with Crippen LogP contribution in [0.4, 0.5) is 5.82 Å². The van der Waals surface area contributed by atoms with Crippen molar-refractivity contribution >= 4 is 30.5 Å². The summed E-state index contributed by atoms with van der Waals surface area (Å²) in [6.45, 7) is 0. The molecule has 0 aromatic carbocycles. The fourth-order valence-corrected chi connectivity index (χ4v) is 3.51. The smallest absolute Gasteiger partial charge is 0.365 e. The molecule has 2 aromatic rings. The number of nitrogen functional groups attached to an aromatic ring is 1. The molecule has 24 heavy (non-hydrogen) atoms. The van der Waals surface area contributed by atoms with E-state index in [1.165, 1.54) is 6.33 Å². The molecule has 130 valence electrons.